The molecule has 1 unspecified atom stereocenters. The van der Waals surface area contributed by atoms with E-state index in [0.29, 0.717) is 11.7 Å². The maximum Gasteiger partial charge on any atom is 0.243 e. The molecule has 0 bridgehead atoms. The van der Waals surface area contributed by atoms with Gasteiger partial charge in [-0.1, -0.05) is 41.9 Å². The van der Waals surface area contributed by atoms with Gasteiger partial charge in [-0.2, -0.15) is 4.98 Å². The molecule has 1 N–H and O–H groups in total. The average molecular weight is 231 g/mol. The molecule has 2 rings (SSSR count). The van der Waals surface area contributed by atoms with Gasteiger partial charge in [0.2, 0.25) is 11.7 Å². The first-order valence-electron chi connectivity index (χ1n) is 5.84. The number of aryl methyl sites for hydroxylation is 1. The summed E-state index contributed by atoms with van der Waals surface area (Å²) in [6.07, 6.45) is 0. The molecule has 0 saturated carbocycles. The van der Waals surface area contributed by atoms with Gasteiger partial charge in [0.15, 0.2) is 0 Å². The van der Waals surface area contributed by atoms with E-state index in [2.05, 4.69) is 22.4 Å². The lowest BCUT2D eigenvalue weighted by molar-refractivity contribution is 0.342. The van der Waals surface area contributed by atoms with Crippen molar-refractivity contribution >= 4 is 0 Å². The molecule has 0 aliphatic heterocycles. The normalized spacial score (nSPS) is 12.6. The van der Waals surface area contributed by atoms with Crippen molar-refractivity contribution in [3.05, 3.63) is 35.7 Å². The minimum atomic E-state index is 0.0895. The van der Waals surface area contributed by atoms with Crippen LogP contribution in [0, 0.1) is 6.92 Å². The molecule has 0 amide bonds. The van der Waals surface area contributed by atoms with E-state index in [1.54, 1.807) is 0 Å². The maximum absolute atomic E-state index is 5.24. The van der Waals surface area contributed by atoms with Crippen molar-refractivity contribution in [2.45, 2.75) is 26.8 Å². The van der Waals surface area contributed by atoms with Gasteiger partial charge < -0.3 is 9.84 Å². The van der Waals surface area contributed by atoms with E-state index in [-0.39, 0.29) is 6.04 Å². The van der Waals surface area contributed by atoms with Gasteiger partial charge in [0.25, 0.3) is 0 Å². The van der Waals surface area contributed by atoms with Crippen LogP contribution in [0.5, 0.6) is 0 Å². The fourth-order valence-electron chi connectivity index (χ4n) is 1.62. The third kappa shape index (κ3) is 2.71. The van der Waals surface area contributed by atoms with Gasteiger partial charge in [0.1, 0.15) is 0 Å². The average Bonchev–Trinajstić information content (AvgIpc) is 2.80. The topological polar surface area (TPSA) is 51.0 Å². The molecule has 0 saturated heterocycles. The SMILES string of the molecule is CCNC(C)c1nc(-c2ccc(C)cc2)no1. The molecule has 1 atom stereocenters. The van der Waals surface area contributed by atoms with Gasteiger partial charge in [0.05, 0.1) is 6.04 Å². The fourth-order valence-corrected chi connectivity index (χ4v) is 1.62. The van der Waals surface area contributed by atoms with Crippen LogP contribution in [0.15, 0.2) is 28.8 Å². The Morgan fingerprint density at radius 1 is 1.29 bits per heavy atom. The van der Waals surface area contributed by atoms with Gasteiger partial charge in [-0.15, -0.1) is 0 Å². The number of benzene rings is 1. The Labute approximate surface area is 101 Å². The van der Waals surface area contributed by atoms with E-state index in [4.69, 9.17) is 4.52 Å². The molecule has 2 aromatic rings. The molecule has 0 aliphatic carbocycles. The fraction of sp³-hybridized carbons (Fsp3) is 0.385. The minimum absolute atomic E-state index is 0.0895. The summed E-state index contributed by atoms with van der Waals surface area (Å²) in [7, 11) is 0. The summed E-state index contributed by atoms with van der Waals surface area (Å²) in [6.45, 7) is 6.99. The number of hydrogen-bond donors (Lipinski definition) is 1. The second-order valence-electron chi connectivity index (χ2n) is 4.10. The predicted octanol–water partition coefficient (Wildman–Crippen LogP) is 2.72. The lowest BCUT2D eigenvalue weighted by Gasteiger charge is -2.05. The Kier molecular flexibility index (Phi) is 3.54. The third-order valence-corrected chi connectivity index (χ3v) is 2.63. The van der Waals surface area contributed by atoms with E-state index in [0.717, 1.165) is 12.1 Å². The van der Waals surface area contributed by atoms with Crippen molar-refractivity contribution in [1.29, 1.82) is 0 Å². The lowest BCUT2D eigenvalue weighted by atomic mass is 10.1. The standard InChI is InChI=1S/C13H17N3O/c1-4-14-10(3)13-15-12(16-17-13)11-7-5-9(2)6-8-11/h5-8,10,14H,4H2,1-3H3. The first-order chi connectivity index (χ1) is 8.20. The highest BCUT2D eigenvalue weighted by Crippen LogP contribution is 2.18. The highest BCUT2D eigenvalue weighted by molar-refractivity contribution is 5.54. The van der Waals surface area contributed by atoms with Crippen molar-refractivity contribution < 1.29 is 4.52 Å². The molecule has 1 aromatic carbocycles. The van der Waals surface area contributed by atoms with Gasteiger partial charge in [-0.05, 0) is 20.4 Å². The molecular formula is C13H17N3O. The zero-order chi connectivity index (χ0) is 12.3. The van der Waals surface area contributed by atoms with Gasteiger partial charge in [0, 0.05) is 5.56 Å². The Bertz CT molecular complexity index is 476. The van der Waals surface area contributed by atoms with Crippen LogP contribution in [-0.4, -0.2) is 16.7 Å². The van der Waals surface area contributed by atoms with Crippen molar-refractivity contribution in [2.75, 3.05) is 6.54 Å². The molecule has 4 heteroatoms. The third-order valence-electron chi connectivity index (χ3n) is 2.63. The van der Waals surface area contributed by atoms with E-state index in [1.807, 2.05) is 38.1 Å². The lowest BCUT2D eigenvalue weighted by Crippen LogP contribution is -2.17. The molecule has 17 heavy (non-hydrogen) atoms. The van der Waals surface area contributed by atoms with Gasteiger partial charge in [-0.3, -0.25) is 0 Å². The van der Waals surface area contributed by atoms with Crippen LogP contribution in [0.25, 0.3) is 11.4 Å². The zero-order valence-electron chi connectivity index (χ0n) is 10.4. The van der Waals surface area contributed by atoms with Crippen molar-refractivity contribution in [2.24, 2.45) is 0 Å². The Hall–Kier alpha value is -1.68. The van der Waals surface area contributed by atoms with E-state index in [1.165, 1.54) is 5.56 Å². The number of hydrogen-bond acceptors (Lipinski definition) is 4. The van der Waals surface area contributed by atoms with Gasteiger partial charge >= 0.3 is 0 Å². The first kappa shape index (κ1) is 11.8. The summed E-state index contributed by atoms with van der Waals surface area (Å²) in [4.78, 5) is 4.39. The van der Waals surface area contributed by atoms with Crippen LogP contribution in [0.3, 0.4) is 0 Å². The highest BCUT2D eigenvalue weighted by Gasteiger charge is 2.13. The van der Waals surface area contributed by atoms with E-state index >= 15 is 0 Å². The molecule has 0 spiro atoms. The Morgan fingerprint density at radius 2 is 2.00 bits per heavy atom. The summed E-state index contributed by atoms with van der Waals surface area (Å²) in [5.74, 6) is 1.27. The second-order valence-corrected chi connectivity index (χ2v) is 4.10. The van der Waals surface area contributed by atoms with Crippen LogP contribution in [0.4, 0.5) is 0 Å². The van der Waals surface area contributed by atoms with Gasteiger partial charge in [-0.25, -0.2) is 0 Å². The minimum Gasteiger partial charge on any atom is -0.337 e. The molecule has 1 aromatic heterocycles. The molecule has 0 radical (unpaired) electrons. The van der Waals surface area contributed by atoms with Crippen LogP contribution in [-0.2, 0) is 0 Å². The number of nitrogens with zero attached hydrogens (tertiary/aromatic N) is 2. The van der Waals surface area contributed by atoms with Crippen LogP contribution < -0.4 is 5.32 Å². The van der Waals surface area contributed by atoms with E-state index < -0.39 is 0 Å². The van der Waals surface area contributed by atoms with Crippen LogP contribution in [0.1, 0.15) is 31.3 Å². The number of nitrogens with one attached hydrogen (secondary N) is 1. The zero-order valence-corrected chi connectivity index (χ0v) is 10.4. The number of aromatic nitrogens is 2. The largest absolute Gasteiger partial charge is 0.337 e. The first-order valence-corrected chi connectivity index (χ1v) is 5.84. The molecule has 0 fully saturated rings. The second kappa shape index (κ2) is 5.10. The number of rotatable bonds is 4. The quantitative estimate of drug-likeness (QED) is 0.879. The van der Waals surface area contributed by atoms with Crippen molar-refractivity contribution in [3.63, 3.8) is 0 Å². The molecule has 0 aliphatic rings. The summed E-state index contributed by atoms with van der Waals surface area (Å²) in [5, 5.41) is 7.23. The summed E-state index contributed by atoms with van der Waals surface area (Å²) in [6, 6.07) is 8.17. The predicted molar refractivity (Wildman–Crippen MR) is 66.6 cm³/mol. The molecular weight excluding hydrogens is 214 g/mol. The van der Waals surface area contributed by atoms with Crippen LogP contribution in [0.2, 0.25) is 0 Å². The van der Waals surface area contributed by atoms with Crippen molar-refractivity contribution in [1.82, 2.24) is 15.5 Å². The highest BCUT2D eigenvalue weighted by atomic mass is 16.5. The summed E-state index contributed by atoms with van der Waals surface area (Å²) >= 11 is 0. The summed E-state index contributed by atoms with van der Waals surface area (Å²) in [5.41, 5.74) is 2.20. The smallest absolute Gasteiger partial charge is 0.243 e. The van der Waals surface area contributed by atoms with Crippen molar-refractivity contribution in [3.8, 4) is 11.4 Å². The Morgan fingerprint density at radius 3 is 2.65 bits per heavy atom. The molecule has 1 heterocycles. The maximum atomic E-state index is 5.24. The summed E-state index contributed by atoms with van der Waals surface area (Å²) < 4.78 is 5.24. The van der Waals surface area contributed by atoms with E-state index in [9.17, 15) is 0 Å². The molecule has 4 nitrogen and oxygen atoms in total. The molecule has 90 valence electrons. The van der Waals surface area contributed by atoms with Crippen LogP contribution >= 0.6 is 0 Å². The monoisotopic (exact) mass is 231 g/mol. The Balaban J connectivity index is 2.20.